The molecule has 0 aliphatic carbocycles. The minimum atomic E-state index is -0.605. The maximum atomic E-state index is 12.4. The minimum Gasteiger partial charge on any atom is -0.352 e. The molecule has 0 radical (unpaired) electrons. The Bertz CT molecular complexity index is 968. The number of aromatic nitrogens is 2. The van der Waals surface area contributed by atoms with Crippen LogP contribution in [0.1, 0.15) is 26.7 Å². The number of rotatable bonds is 4. The molecule has 2 heterocycles. The fourth-order valence-electron chi connectivity index (χ4n) is 3.43. The van der Waals surface area contributed by atoms with Gasteiger partial charge in [0.1, 0.15) is 6.54 Å². The Morgan fingerprint density at radius 2 is 1.85 bits per heavy atom. The topological polar surface area (TPSA) is 104 Å². The van der Waals surface area contributed by atoms with Crippen LogP contribution >= 0.6 is 0 Å². The molecule has 3 rings (SSSR count). The standard InChI is InChI=1S/C19H24N4O4/c1-12(2)18(26)22-9-7-13(8-10-22)20-16(24)11-23-15-6-4-3-5-14(15)17(25)21-19(23)27/h3-6,12-13H,7-11H2,1-2H3,(H,20,24)(H,21,25,27). The number of likely N-dealkylation sites (tertiary alicyclic amines) is 1. The van der Waals surface area contributed by atoms with Gasteiger partial charge in [0.15, 0.2) is 0 Å². The molecule has 8 heteroatoms. The summed E-state index contributed by atoms with van der Waals surface area (Å²) < 4.78 is 1.27. The summed E-state index contributed by atoms with van der Waals surface area (Å²) in [7, 11) is 0. The van der Waals surface area contributed by atoms with Crippen molar-refractivity contribution in [3.63, 3.8) is 0 Å². The second-order valence-electron chi connectivity index (χ2n) is 7.18. The van der Waals surface area contributed by atoms with Crippen LogP contribution in [0.2, 0.25) is 0 Å². The number of hydrogen-bond donors (Lipinski definition) is 2. The molecular weight excluding hydrogens is 348 g/mol. The lowest BCUT2D eigenvalue weighted by Gasteiger charge is -2.33. The van der Waals surface area contributed by atoms with Crippen LogP contribution in [0.4, 0.5) is 0 Å². The van der Waals surface area contributed by atoms with E-state index < -0.39 is 11.2 Å². The van der Waals surface area contributed by atoms with Crippen molar-refractivity contribution in [3.05, 3.63) is 45.1 Å². The zero-order valence-corrected chi connectivity index (χ0v) is 15.5. The van der Waals surface area contributed by atoms with E-state index in [-0.39, 0.29) is 30.3 Å². The summed E-state index contributed by atoms with van der Waals surface area (Å²) in [6.07, 6.45) is 1.37. The van der Waals surface area contributed by atoms with Crippen molar-refractivity contribution in [1.29, 1.82) is 0 Å². The van der Waals surface area contributed by atoms with Crippen molar-refractivity contribution in [3.8, 4) is 0 Å². The molecule has 0 spiro atoms. The summed E-state index contributed by atoms with van der Waals surface area (Å²) in [6, 6.07) is 6.66. The van der Waals surface area contributed by atoms with Gasteiger partial charge in [0.05, 0.1) is 10.9 Å². The summed E-state index contributed by atoms with van der Waals surface area (Å²) in [5, 5.41) is 3.30. The smallest absolute Gasteiger partial charge is 0.329 e. The van der Waals surface area contributed by atoms with Crippen LogP contribution in [-0.2, 0) is 16.1 Å². The Kier molecular flexibility index (Phi) is 5.43. The number of piperidine rings is 1. The van der Waals surface area contributed by atoms with Crippen molar-refractivity contribution in [2.45, 2.75) is 39.3 Å². The SMILES string of the molecule is CC(C)C(=O)N1CCC(NC(=O)Cn2c(=O)[nH]c(=O)c3ccccc32)CC1. The van der Waals surface area contributed by atoms with Crippen molar-refractivity contribution >= 4 is 22.7 Å². The van der Waals surface area contributed by atoms with Crippen molar-refractivity contribution < 1.29 is 9.59 Å². The molecule has 2 amide bonds. The van der Waals surface area contributed by atoms with E-state index in [1.807, 2.05) is 18.7 Å². The second kappa shape index (κ2) is 7.77. The molecule has 2 aromatic rings. The maximum Gasteiger partial charge on any atom is 0.329 e. The van der Waals surface area contributed by atoms with Gasteiger partial charge in [-0.15, -0.1) is 0 Å². The van der Waals surface area contributed by atoms with E-state index in [1.54, 1.807) is 24.3 Å². The average molecular weight is 372 g/mol. The number of aromatic amines is 1. The first-order chi connectivity index (χ1) is 12.9. The molecule has 8 nitrogen and oxygen atoms in total. The highest BCUT2D eigenvalue weighted by Gasteiger charge is 2.25. The Balaban J connectivity index is 1.66. The summed E-state index contributed by atoms with van der Waals surface area (Å²) in [5.74, 6) is -0.189. The average Bonchev–Trinajstić information content (AvgIpc) is 2.65. The monoisotopic (exact) mass is 372 g/mol. The lowest BCUT2D eigenvalue weighted by Crippen LogP contribution is -2.48. The Hall–Kier alpha value is -2.90. The number of fused-ring (bicyclic) bond motifs is 1. The van der Waals surface area contributed by atoms with Gasteiger partial charge in [-0.3, -0.25) is 23.9 Å². The largest absolute Gasteiger partial charge is 0.352 e. The summed E-state index contributed by atoms with van der Waals surface area (Å²) in [4.78, 5) is 52.6. The maximum absolute atomic E-state index is 12.4. The van der Waals surface area contributed by atoms with Gasteiger partial charge >= 0.3 is 5.69 Å². The molecular formula is C19H24N4O4. The van der Waals surface area contributed by atoms with Gasteiger partial charge < -0.3 is 10.2 Å². The molecule has 0 atom stereocenters. The minimum absolute atomic E-state index is 0.0292. The molecule has 1 aliphatic rings. The van der Waals surface area contributed by atoms with Crippen LogP contribution in [0.3, 0.4) is 0 Å². The van der Waals surface area contributed by atoms with E-state index >= 15 is 0 Å². The Morgan fingerprint density at radius 3 is 2.52 bits per heavy atom. The fourth-order valence-corrected chi connectivity index (χ4v) is 3.43. The van der Waals surface area contributed by atoms with Gasteiger partial charge in [-0.05, 0) is 25.0 Å². The predicted octanol–water partition coefficient (Wildman–Crippen LogP) is 0.453. The third kappa shape index (κ3) is 4.10. The van der Waals surface area contributed by atoms with E-state index in [1.165, 1.54) is 4.57 Å². The highest BCUT2D eigenvalue weighted by molar-refractivity contribution is 5.81. The number of H-pyrrole nitrogens is 1. The van der Waals surface area contributed by atoms with E-state index in [0.29, 0.717) is 36.8 Å². The second-order valence-corrected chi connectivity index (χ2v) is 7.18. The molecule has 1 aromatic heterocycles. The van der Waals surface area contributed by atoms with E-state index in [9.17, 15) is 19.2 Å². The van der Waals surface area contributed by atoms with Gasteiger partial charge in [0.25, 0.3) is 5.56 Å². The number of carbonyl (C=O) groups excluding carboxylic acids is 2. The number of nitrogens with one attached hydrogen (secondary N) is 2. The molecule has 1 aromatic carbocycles. The van der Waals surface area contributed by atoms with E-state index in [0.717, 1.165) is 0 Å². The molecule has 1 fully saturated rings. The molecule has 27 heavy (non-hydrogen) atoms. The highest BCUT2D eigenvalue weighted by Crippen LogP contribution is 2.13. The van der Waals surface area contributed by atoms with E-state index in [2.05, 4.69) is 10.3 Å². The lowest BCUT2D eigenvalue weighted by molar-refractivity contribution is -0.135. The van der Waals surface area contributed by atoms with Crippen molar-refractivity contribution in [2.24, 2.45) is 5.92 Å². The first-order valence-corrected chi connectivity index (χ1v) is 9.17. The fraction of sp³-hybridized carbons (Fsp3) is 0.474. The zero-order chi connectivity index (χ0) is 19.6. The molecule has 0 bridgehead atoms. The van der Waals surface area contributed by atoms with Crippen LogP contribution in [0, 0.1) is 5.92 Å². The summed E-state index contributed by atoms with van der Waals surface area (Å²) in [6.45, 7) is 4.82. The number of benzene rings is 1. The molecule has 144 valence electrons. The van der Waals surface area contributed by atoms with Crippen LogP contribution in [0.5, 0.6) is 0 Å². The first kappa shape index (κ1) is 18.9. The molecule has 0 saturated carbocycles. The van der Waals surface area contributed by atoms with Gasteiger partial charge in [-0.2, -0.15) is 0 Å². The van der Waals surface area contributed by atoms with Crippen molar-refractivity contribution in [2.75, 3.05) is 13.1 Å². The van der Waals surface area contributed by atoms with Crippen molar-refractivity contribution in [1.82, 2.24) is 19.8 Å². The zero-order valence-electron chi connectivity index (χ0n) is 15.5. The molecule has 2 N–H and O–H groups in total. The normalized spacial score (nSPS) is 15.3. The predicted molar refractivity (Wildman–Crippen MR) is 101 cm³/mol. The van der Waals surface area contributed by atoms with Gasteiger partial charge in [0, 0.05) is 25.0 Å². The van der Waals surface area contributed by atoms with Crippen LogP contribution in [0.15, 0.2) is 33.9 Å². The van der Waals surface area contributed by atoms with Crippen LogP contribution < -0.4 is 16.6 Å². The third-order valence-corrected chi connectivity index (χ3v) is 4.87. The first-order valence-electron chi connectivity index (χ1n) is 9.17. The molecule has 1 aliphatic heterocycles. The number of para-hydroxylation sites is 1. The van der Waals surface area contributed by atoms with Crippen LogP contribution in [0.25, 0.3) is 10.9 Å². The van der Waals surface area contributed by atoms with Crippen LogP contribution in [-0.4, -0.2) is 45.4 Å². The van der Waals surface area contributed by atoms with Gasteiger partial charge in [-0.1, -0.05) is 26.0 Å². The molecule has 0 unspecified atom stereocenters. The van der Waals surface area contributed by atoms with Gasteiger partial charge in [-0.25, -0.2) is 4.79 Å². The Morgan fingerprint density at radius 1 is 1.19 bits per heavy atom. The third-order valence-electron chi connectivity index (χ3n) is 4.87. The quantitative estimate of drug-likeness (QED) is 0.813. The molecule has 1 saturated heterocycles. The Labute approximate surface area is 156 Å². The summed E-state index contributed by atoms with van der Waals surface area (Å²) >= 11 is 0. The van der Waals surface area contributed by atoms with E-state index in [4.69, 9.17) is 0 Å². The number of amides is 2. The lowest BCUT2D eigenvalue weighted by atomic mass is 10.0. The summed E-state index contributed by atoms with van der Waals surface area (Å²) in [5.41, 5.74) is -0.639. The number of carbonyl (C=O) groups is 2. The highest BCUT2D eigenvalue weighted by atomic mass is 16.2. The number of nitrogens with zero attached hydrogens (tertiary/aromatic N) is 2. The number of hydrogen-bond acceptors (Lipinski definition) is 4. The van der Waals surface area contributed by atoms with Gasteiger partial charge in [0.2, 0.25) is 11.8 Å².